The topological polar surface area (TPSA) is 75.7 Å². The van der Waals surface area contributed by atoms with Crippen LogP contribution in [0.25, 0.3) is 33.1 Å². The molecule has 1 saturated heterocycles. The highest BCUT2D eigenvalue weighted by molar-refractivity contribution is 6.02. The first-order chi connectivity index (χ1) is 16.4. The van der Waals surface area contributed by atoms with Crippen LogP contribution in [0.5, 0.6) is 0 Å². The summed E-state index contributed by atoms with van der Waals surface area (Å²) < 4.78 is 24.6. The number of hydrogen-bond acceptors (Lipinski definition) is 5. The number of carbonyl (C=O) groups excluding carboxylic acids is 1. The number of hydrogen-bond donors (Lipinski definition) is 1. The normalized spacial score (nSPS) is 16.5. The standard InChI is InChI=1S/C27H27FN2O4/c1-3-30-10-4-5-19(30)14-29-26(31)12-21-16(2)20-11-22-23(17-6-8-18(28)9-7-17)15-33-24(22)13-25(20)34-27(21)32/h6-9,11,13,15,19H,3-5,10,12,14H2,1-2H3,(H,29,31). The van der Waals surface area contributed by atoms with Gasteiger partial charge in [-0.25, -0.2) is 9.18 Å². The molecule has 2 aromatic carbocycles. The molecule has 1 aliphatic rings. The molecule has 1 fully saturated rings. The van der Waals surface area contributed by atoms with Crippen molar-refractivity contribution in [2.75, 3.05) is 19.6 Å². The zero-order valence-electron chi connectivity index (χ0n) is 19.3. The summed E-state index contributed by atoms with van der Waals surface area (Å²) in [6.07, 6.45) is 3.80. The van der Waals surface area contributed by atoms with Gasteiger partial charge in [0.1, 0.15) is 17.0 Å². The van der Waals surface area contributed by atoms with Gasteiger partial charge in [-0.15, -0.1) is 0 Å². The highest BCUT2D eigenvalue weighted by Gasteiger charge is 2.24. The first-order valence-corrected chi connectivity index (χ1v) is 11.7. The van der Waals surface area contributed by atoms with Crippen molar-refractivity contribution >= 4 is 27.8 Å². The second kappa shape index (κ2) is 9.06. The van der Waals surface area contributed by atoms with Crippen LogP contribution in [-0.4, -0.2) is 36.5 Å². The van der Waals surface area contributed by atoms with Gasteiger partial charge in [-0.1, -0.05) is 19.1 Å². The number of benzene rings is 2. The van der Waals surface area contributed by atoms with Crippen LogP contribution in [-0.2, 0) is 11.2 Å². The summed E-state index contributed by atoms with van der Waals surface area (Å²) in [5, 5.41) is 4.56. The molecular formula is C27H27FN2O4. The molecule has 1 amide bonds. The summed E-state index contributed by atoms with van der Waals surface area (Å²) in [4.78, 5) is 27.8. The van der Waals surface area contributed by atoms with E-state index in [0.717, 1.165) is 47.8 Å². The Labute approximate surface area is 196 Å². The lowest BCUT2D eigenvalue weighted by molar-refractivity contribution is -0.120. The third-order valence-corrected chi connectivity index (χ3v) is 6.91. The predicted octanol–water partition coefficient (Wildman–Crippen LogP) is 4.80. The SMILES string of the molecule is CCN1CCCC1CNC(=O)Cc1c(C)c2cc3c(-c4ccc(F)cc4)coc3cc2oc1=O. The van der Waals surface area contributed by atoms with Crippen LogP contribution in [0.4, 0.5) is 4.39 Å². The molecule has 34 heavy (non-hydrogen) atoms. The predicted molar refractivity (Wildman–Crippen MR) is 129 cm³/mol. The van der Waals surface area contributed by atoms with Gasteiger partial charge in [0, 0.05) is 35.0 Å². The second-order valence-electron chi connectivity index (χ2n) is 8.90. The van der Waals surface area contributed by atoms with Crippen LogP contribution in [0.3, 0.4) is 0 Å². The van der Waals surface area contributed by atoms with Crippen LogP contribution in [0.2, 0.25) is 0 Å². The van der Waals surface area contributed by atoms with Crippen molar-refractivity contribution in [3.05, 3.63) is 70.0 Å². The number of likely N-dealkylation sites (N-methyl/N-ethyl adjacent to an activating group) is 1. The van der Waals surface area contributed by atoms with Crippen LogP contribution in [0, 0.1) is 12.7 Å². The minimum atomic E-state index is -0.513. The maximum absolute atomic E-state index is 13.4. The summed E-state index contributed by atoms with van der Waals surface area (Å²) in [6, 6.07) is 10.1. The maximum atomic E-state index is 13.4. The molecule has 7 heteroatoms. The third kappa shape index (κ3) is 4.12. The first-order valence-electron chi connectivity index (χ1n) is 11.7. The van der Waals surface area contributed by atoms with E-state index in [4.69, 9.17) is 8.83 Å². The van der Waals surface area contributed by atoms with E-state index in [2.05, 4.69) is 17.1 Å². The van der Waals surface area contributed by atoms with Crippen molar-refractivity contribution in [2.45, 2.75) is 39.2 Å². The molecule has 1 aliphatic heterocycles. The average molecular weight is 463 g/mol. The number of aryl methyl sites for hydroxylation is 1. The Bertz CT molecular complexity index is 1420. The Kier molecular flexibility index (Phi) is 5.96. The number of furan rings is 1. The van der Waals surface area contributed by atoms with Crippen LogP contribution in [0.1, 0.15) is 30.9 Å². The fourth-order valence-corrected chi connectivity index (χ4v) is 4.96. The molecule has 0 aliphatic carbocycles. The van der Waals surface area contributed by atoms with Crippen LogP contribution >= 0.6 is 0 Å². The number of fused-ring (bicyclic) bond motifs is 2. The Hall–Kier alpha value is -3.45. The molecule has 2 aromatic heterocycles. The van der Waals surface area contributed by atoms with Gasteiger partial charge in [-0.2, -0.15) is 0 Å². The van der Waals surface area contributed by atoms with Gasteiger partial charge in [0.25, 0.3) is 0 Å². The van der Waals surface area contributed by atoms with Crippen LogP contribution in [0.15, 0.2) is 56.3 Å². The van der Waals surface area contributed by atoms with Crippen molar-refractivity contribution in [2.24, 2.45) is 0 Å². The van der Waals surface area contributed by atoms with Crippen molar-refractivity contribution in [3.8, 4) is 11.1 Å². The number of halogens is 1. The van der Waals surface area contributed by atoms with E-state index in [9.17, 15) is 14.0 Å². The summed E-state index contributed by atoms with van der Waals surface area (Å²) in [5.74, 6) is -0.494. The highest BCUT2D eigenvalue weighted by Crippen LogP contribution is 2.34. The van der Waals surface area contributed by atoms with Gasteiger partial charge >= 0.3 is 5.63 Å². The largest absolute Gasteiger partial charge is 0.464 e. The average Bonchev–Trinajstić information content (AvgIpc) is 3.46. The number of nitrogens with one attached hydrogen (secondary N) is 1. The molecular weight excluding hydrogens is 435 g/mol. The van der Waals surface area contributed by atoms with Crippen molar-refractivity contribution in [1.82, 2.24) is 10.2 Å². The fraction of sp³-hybridized carbons (Fsp3) is 0.333. The molecule has 3 heterocycles. The molecule has 0 radical (unpaired) electrons. The zero-order chi connectivity index (χ0) is 23.8. The van der Waals surface area contributed by atoms with Gasteiger partial charge in [-0.3, -0.25) is 9.69 Å². The number of nitrogens with zero attached hydrogens (tertiary/aromatic N) is 1. The number of rotatable bonds is 6. The summed E-state index contributed by atoms with van der Waals surface area (Å²) in [5.41, 5.74) is 3.17. The minimum absolute atomic E-state index is 0.0306. The molecule has 0 spiro atoms. The molecule has 5 rings (SSSR count). The van der Waals surface area contributed by atoms with E-state index in [1.807, 2.05) is 13.0 Å². The Morgan fingerprint density at radius 1 is 1.18 bits per heavy atom. The monoisotopic (exact) mass is 462 g/mol. The van der Waals surface area contributed by atoms with Gasteiger partial charge < -0.3 is 14.2 Å². The molecule has 4 aromatic rings. The van der Waals surface area contributed by atoms with Crippen molar-refractivity contribution < 1.29 is 18.0 Å². The van der Waals surface area contributed by atoms with E-state index in [0.29, 0.717) is 34.9 Å². The summed E-state index contributed by atoms with van der Waals surface area (Å²) in [7, 11) is 0. The van der Waals surface area contributed by atoms with E-state index in [-0.39, 0.29) is 18.1 Å². The number of likely N-dealkylation sites (tertiary alicyclic amines) is 1. The highest BCUT2D eigenvalue weighted by atomic mass is 19.1. The van der Waals surface area contributed by atoms with Gasteiger partial charge in [-0.05, 0) is 62.2 Å². The quantitative estimate of drug-likeness (QED) is 0.417. The van der Waals surface area contributed by atoms with E-state index >= 15 is 0 Å². The van der Waals surface area contributed by atoms with E-state index in [1.54, 1.807) is 24.5 Å². The van der Waals surface area contributed by atoms with Gasteiger partial charge in [0.15, 0.2) is 0 Å². The van der Waals surface area contributed by atoms with E-state index in [1.165, 1.54) is 12.1 Å². The molecule has 1 N–H and O–H groups in total. The third-order valence-electron chi connectivity index (χ3n) is 6.91. The molecule has 176 valence electrons. The van der Waals surface area contributed by atoms with E-state index < -0.39 is 5.63 Å². The Morgan fingerprint density at radius 3 is 2.74 bits per heavy atom. The Balaban J connectivity index is 1.45. The second-order valence-corrected chi connectivity index (χ2v) is 8.90. The zero-order valence-corrected chi connectivity index (χ0v) is 19.3. The summed E-state index contributed by atoms with van der Waals surface area (Å²) in [6.45, 7) is 6.58. The lowest BCUT2D eigenvalue weighted by atomic mass is 9.99. The van der Waals surface area contributed by atoms with Crippen molar-refractivity contribution in [1.29, 1.82) is 0 Å². The maximum Gasteiger partial charge on any atom is 0.340 e. The lowest BCUT2D eigenvalue weighted by Gasteiger charge is -2.22. The molecule has 1 unspecified atom stereocenters. The number of carbonyl (C=O) groups is 1. The fourth-order valence-electron chi connectivity index (χ4n) is 4.96. The van der Waals surface area contributed by atoms with Crippen molar-refractivity contribution in [3.63, 3.8) is 0 Å². The van der Waals surface area contributed by atoms with Gasteiger partial charge in [0.05, 0.1) is 18.2 Å². The Morgan fingerprint density at radius 2 is 1.97 bits per heavy atom. The lowest BCUT2D eigenvalue weighted by Crippen LogP contribution is -2.40. The molecule has 6 nitrogen and oxygen atoms in total. The first kappa shape index (κ1) is 22.3. The molecule has 0 bridgehead atoms. The summed E-state index contributed by atoms with van der Waals surface area (Å²) >= 11 is 0. The minimum Gasteiger partial charge on any atom is -0.464 e. The smallest absolute Gasteiger partial charge is 0.340 e. The van der Waals surface area contributed by atoms with Crippen LogP contribution < -0.4 is 10.9 Å². The van der Waals surface area contributed by atoms with Gasteiger partial charge in [0.2, 0.25) is 5.91 Å². The number of amides is 1. The molecule has 0 saturated carbocycles. The molecule has 1 atom stereocenters.